The lowest BCUT2D eigenvalue weighted by Gasteiger charge is -2.17. The van der Waals surface area contributed by atoms with Gasteiger partial charge < -0.3 is 20.7 Å². The van der Waals surface area contributed by atoms with Gasteiger partial charge in [-0.2, -0.15) is 5.10 Å². The minimum absolute atomic E-state index is 0.248. The summed E-state index contributed by atoms with van der Waals surface area (Å²) in [5.41, 5.74) is 6.44. The Labute approximate surface area is 150 Å². The normalized spacial score (nSPS) is 19.4. The van der Waals surface area contributed by atoms with Gasteiger partial charge in [0.15, 0.2) is 5.82 Å². The SMILES string of the molecule is COc1cccc(CNC(=O)N2C[C@@H](C(N)=O)[C@H](c3n[nH]c(C)n3)C2)c1. The summed E-state index contributed by atoms with van der Waals surface area (Å²) < 4.78 is 5.18. The van der Waals surface area contributed by atoms with E-state index in [4.69, 9.17) is 10.5 Å². The molecule has 2 aromatic rings. The van der Waals surface area contributed by atoms with E-state index in [2.05, 4.69) is 20.5 Å². The fourth-order valence-corrected chi connectivity index (χ4v) is 3.12. The maximum atomic E-state index is 12.5. The molecule has 0 unspecified atom stereocenters. The van der Waals surface area contributed by atoms with E-state index in [9.17, 15) is 9.59 Å². The van der Waals surface area contributed by atoms with Crippen LogP contribution < -0.4 is 15.8 Å². The molecule has 3 amide bonds. The van der Waals surface area contributed by atoms with Gasteiger partial charge in [-0.15, -0.1) is 0 Å². The number of hydrogen-bond acceptors (Lipinski definition) is 5. The molecule has 138 valence electrons. The number of amides is 3. The Morgan fingerprint density at radius 1 is 1.42 bits per heavy atom. The number of aryl methyl sites for hydroxylation is 1. The molecule has 9 nitrogen and oxygen atoms in total. The summed E-state index contributed by atoms with van der Waals surface area (Å²) in [6.07, 6.45) is 0. The van der Waals surface area contributed by atoms with Gasteiger partial charge in [0, 0.05) is 19.6 Å². The maximum absolute atomic E-state index is 12.5. The zero-order valence-corrected chi connectivity index (χ0v) is 14.7. The highest BCUT2D eigenvalue weighted by atomic mass is 16.5. The third-order valence-corrected chi connectivity index (χ3v) is 4.50. The number of nitrogens with two attached hydrogens (primary N) is 1. The number of carbonyl (C=O) groups excluding carboxylic acids is 2. The molecule has 1 aromatic heterocycles. The summed E-state index contributed by atoms with van der Waals surface area (Å²) in [5, 5.41) is 9.74. The number of primary amides is 1. The summed E-state index contributed by atoms with van der Waals surface area (Å²) in [4.78, 5) is 30.2. The smallest absolute Gasteiger partial charge is 0.317 e. The first-order valence-electron chi connectivity index (χ1n) is 8.32. The molecule has 1 saturated heterocycles. The van der Waals surface area contributed by atoms with Crippen LogP contribution in [0, 0.1) is 12.8 Å². The molecular weight excluding hydrogens is 336 g/mol. The number of ether oxygens (including phenoxy) is 1. The molecular formula is C17H22N6O3. The molecule has 1 aliphatic rings. The van der Waals surface area contributed by atoms with Gasteiger partial charge in [-0.05, 0) is 24.6 Å². The minimum Gasteiger partial charge on any atom is -0.497 e. The zero-order chi connectivity index (χ0) is 18.7. The fourth-order valence-electron chi connectivity index (χ4n) is 3.12. The highest BCUT2D eigenvalue weighted by molar-refractivity contribution is 5.81. The Morgan fingerprint density at radius 2 is 2.23 bits per heavy atom. The van der Waals surface area contributed by atoms with Crippen molar-refractivity contribution < 1.29 is 14.3 Å². The predicted octanol–water partition coefficient (Wildman–Crippen LogP) is 0.532. The molecule has 3 rings (SSSR count). The number of rotatable bonds is 5. The summed E-state index contributed by atoms with van der Waals surface area (Å²) >= 11 is 0. The van der Waals surface area contributed by atoms with Crippen LogP contribution in [0.1, 0.15) is 23.1 Å². The third-order valence-electron chi connectivity index (χ3n) is 4.50. The van der Waals surface area contributed by atoms with Crippen LogP contribution in [0.15, 0.2) is 24.3 Å². The zero-order valence-electron chi connectivity index (χ0n) is 14.7. The van der Waals surface area contributed by atoms with Gasteiger partial charge in [-0.25, -0.2) is 9.78 Å². The number of aromatic nitrogens is 3. The molecule has 0 saturated carbocycles. The molecule has 4 N–H and O–H groups in total. The number of carbonyl (C=O) groups is 2. The molecule has 26 heavy (non-hydrogen) atoms. The van der Waals surface area contributed by atoms with Crippen LogP contribution in [0.25, 0.3) is 0 Å². The van der Waals surface area contributed by atoms with Crippen LogP contribution in [-0.2, 0) is 11.3 Å². The van der Waals surface area contributed by atoms with Crippen molar-refractivity contribution in [3.05, 3.63) is 41.5 Å². The van der Waals surface area contributed by atoms with Crippen LogP contribution >= 0.6 is 0 Å². The lowest BCUT2D eigenvalue weighted by molar-refractivity contribution is -0.121. The molecule has 0 spiro atoms. The molecule has 1 aromatic carbocycles. The molecule has 1 aliphatic heterocycles. The average Bonchev–Trinajstić information content (AvgIpc) is 3.26. The second-order valence-electron chi connectivity index (χ2n) is 6.31. The Balaban J connectivity index is 1.65. The first-order chi connectivity index (χ1) is 12.5. The van der Waals surface area contributed by atoms with Crippen LogP contribution in [-0.4, -0.2) is 52.2 Å². The lowest BCUT2D eigenvalue weighted by atomic mass is 9.95. The minimum atomic E-state index is -0.507. The number of H-pyrrole nitrogens is 1. The van der Waals surface area contributed by atoms with Crippen molar-refractivity contribution in [2.75, 3.05) is 20.2 Å². The van der Waals surface area contributed by atoms with Gasteiger partial charge >= 0.3 is 6.03 Å². The van der Waals surface area contributed by atoms with Crippen LogP contribution in [0.5, 0.6) is 5.75 Å². The highest BCUT2D eigenvalue weighted by Gasteiger charge is 2.41. The van der Waals surface area contributed by atoms with E-state index in [1.165, 1.54) is 0 Å². The van der Waals surface area contributed by atoms with E-state index in [-0.39, 0.29) is 18.5 Å². The van der Waals surface area contributed by atoms with Crippen molar-refractivity contribution in [3.8, 4) is 5.75 Å². The quantitative estimate of drug-likeness (QED) is 0.719. The molecule has 0 bridgehead atoms. The number of nitrogens with one attached hydrogen (secondary N) is 2. The second-order valence-corrected chi connectivity index (χ2v) is 6.31. The summed E-state index contributed by atoms with van der Waals surface area (Å²) in [7, 11) is 1.59. The van der Waals surface area contributed by atoms with Crippen LogP contribution in [0.3, 0.4) is 0 Å². The number of hydrogen-bond donors (Lipinski definition) is 3. The van der Waals surface area contributed by atoms with Crippen molar-refractivity contribution in [3.63, 3.8) is 0 Å². The molecule has 0 radical (unpaired) electrons. The van der Waals surface area contributed by atoms with Crippen molar-refractivity contribution in [1.29, 1.82) is 0 Å². The topological polar surface area (TPSA) is 126 Å². The fraction of sp³-hybridized carbons (Fsp3) is 0.412. The standard InChI is InChI=1S/C17H22N6O3/c1-10-20-16(22-21-10)14-9-23(8-13(14)15(18)24)17(25)19-7-11-4-3-5-12(6-11)26-2/h3-6,13-14H,7-9H2,1-2H3,(H2,18,24)(H,19,25)(H,20,21,22)/t13-,14-/m1/s1. The number of aromatic amines is 1. The maximum Gasteiger partial charge on any atom is 0.317 e. The van der Waals surface area contributed by atoms with Crippen molar-refractivity contribution in [2.45, 2.75) is 19.4 Å². The van der Waals surface area contributed by atoms with Gasteiger partial charge in [0.05, 0.1) is 18.9 Å². The molecule has 0 aliphatic carbocycles. The Bertz CT molecular complexity index is 805. The van der Waals surface area contributed by atoms with E-state index in [0.717, 1.165) is 11.3 Å². The van der Waals surface area contributed by atoms with E-state index in [1.54, 1.807) is 18.9 Å². The van der Waals surface area contributed by atoms with Gasteiger partial charge in [-0.1, -0.05) is 12.1 Å². The van der Waals surface area contributed by atoms with Crippen LogP contribution in [0.2, 0.25) is 0 Å². The number of urea groups is 1. The number of nitrogens with zero attached hydrogens (tertiary/aromatic N) is 3. The highest BCUT2D eigenvalue weighted by Crippen LogP contribution is 2.30. The summed E-state index contributed by atoms with van der Waals surface area (Å²) in [6.45, 7) is 2.73. The lowest BCUT2D eigenvalue weighted by Crippen LogP contribution is -2.39. The Hall–Kier alpha value is -3.10. The molecule has 9 heteroatoms. The summed E-state index contributed by atoms with van der Waals surface area (Å²) in [6, 6.07) is 7.20. The van der Waals surface area contributed by atoms with E-state index in [1.807, 2.05) is 24.3 Å². The van der Waals surface area contributed by atoms with E-state index in [0.29, 0.717) is 24.7 Å². The van der Waals surface area contributed by atoms with Crippen molar-refractivity contribution in [1.82, 2.24) is 25.4 Å². The monoisotopic (exact) mass is 358 g/mol. The first-order valence-corrected chi connectivity index (χ1v) is 8.32. The predicted molar refractivity (Wildman–Crippen MR) is 93.3 cm³/mol. The third kappa shape index (κ3) is 3.76. The first kappa shape index (κ1) is 17.7. The van der Waals surface area contributed by atoms with Gasteiger partial charge in [-0.3, -0.25) is 9.89 Å². The van der Waals surface area contributed by atoms with Gasteiger partial charge in [0.2, 0.25) is 5.91 Å². The Kier molecular flexibility index (Phi) is 5.06. The average molecular weight is 358 g/mol. The van der Waals surface area contributed by atoms with E-state index < -0.39 is 11.8 Å². The van der Waals surface area contributed by atoms with Gasteiger partial charge in [0.25, 0.3) is 0 Å². The van der Waals surface area contributed by atoms with Gasteiger partial charge in [0.1, 0.15) is 11.6 Å². The Morgan fingerprint density at radius 3 is 2.88 bits per heavy atom. The summed E-state index contributed by atoms with van der Waals surface area (Å²) in [5.74, 6) is 0.624. The molecule has 2 heterocycles. The van der Waals surface area contributed by atoms with Crippen LogP contribution in [0.4, 0.5) is 4.79 Å². The number of methoxy groups -OCH3 is 1. The van der Waals surface area contributed by atoms with Crippen molar-refractivity contribution in [2.24, 2.45) is 11.7 Å². The van der Waals surface area contributed by atoms with E-state index >= 15 is 0 Å². The van der Waals surface area contributed by atoms with Crippen molar-refractivity contribution >= 4 is 11.9 Å². The second kappa shape index (κ2) is 7.42. The number of likely N-dealkylation sites (tertiary alicyclic amines) is 1. The molecule has 1 fully saturated rings. The molecule has 2 atom stereocenters. The largest absolute Gasteiger partial charge is 0.497 e. The number of benzene rings is 1.